The fourth-order valence-corrected chi connectivity index (χ4v) is 3.12. The summed E-state index contributed by atoms with van der Waals surface area (Å²) >= 11 is 6.60. The lowest BCUT2D eigenvalue weighted by atomic mass is 9.73. The summed E-state index contributed by atoms with van der Waals surface area (Å²) in [6.45, 7) is 0. The van der Waals surface area contributed by atoms with E-state index in [0.29, 0.717) is 10.7 Å². The van der Waals surface area contributed by atoms with E-state index in [1.165, 1.54) is 0 Å². The van der Waals surface area contributed by atoms with Crippen molar-refractivity contribution in [3.05, 3.63) is 0 Å². The molecular weight excluding hydrogens is 372 g/mol. The van der Waals surface area contributed by atoms with Gasteiger partial charge in [0.1, 0.15) is 5.41 Å². The van der Waals surface area contributed by atoms with Crippen molar-refractivity contribution in [2.75, 3.05) is 10.7 Å². The summed E-state index contributed by atoms with van der Waals surface area (Å²) in [6, 6.07) is -0.757. The average molecular weight is 384 g/mol. The van der Waals surface area contributed by atoms with E-state index >= 15 is 0 Å². The highest BCUT2D eigenvalue weighted by molar-refractivity contribution is 9.09. The number of barbiturate groups is 1. The monoisotopic (exact) mass is 382 g/mol. The predicted octanol–water partition coefficient (Wildman–Crippen LogP) is 0.676. The Morgan fingerprint density at radius 1 is 1.06 bits per heavy atom. The van der Waals surface area contributed by atoms with Crippen molar-refractivity contribution >= 4 is 49.7 Å². The van der Waals surface area contributed by atoms with Gasteiger partial charge in [0.05, 0.1) is 12.2 Å². The molecule has 2 aliphatic rings. The third-order valence-corrected chi connectivity index (χ3v) is 4.65. The van der Waals surface area contributed by atoms with Crippen LogP contribution in [0.2, 0.25) is 0 Å². The number of hydrogen-bond donors (Lipinski definition) is 2. The molecule has 2 atom stereocenters. The van der Waals surface area contributed by atoms with Crippen LogP contribution in [0.1, 0.15) is 12.8 Å². The molecule has 2 saturated heterocycles. The molecule has 0 aromatic rings. The van der Waals surface area contributed by atoms with Crippen LogP contribution >= 0.6 is 31.9 Å². The normalized spacial score (nSPS) is 31.1. The van der Waals surface area contributed by atoms with Crippen LogP contribution in [0.5, 0.6) is 0 Å². The Morgan fingerprint density at radius 3 is 1.89 bits per heavy atom. The van der Waals surface area contributed by atoms with Crippen LogP contribution < -0.4 is 10.6 Å². The first-order valence-corrected chi connectivity index (χ1v) is 7.70. The van der Waals surface area contributed by atoms with Gasteiger partial charge in [-0.15, -0.1) is 0 Å². The summed E-state index contributed by atoms with van der Waals surface area (Å²) in [5.74, 6) is -1.06. The predicted molar refractivity (Wildman–Crippen MR) is 69.6 cm³/mol. The number of halogens is 2. The van der Waals surface area contributed by atoms with Crippen molar-refractivity contribution in [1.82, 2.24) is 10.6 Å². The first kappa shape index (κ1) is 14.0. The summed E-state index contributed by atoms with van der Waals surface area (Å²) in [5.41, 5.74) is -1.21. The second-order valence-corrected chi connectivity index (χ2v) is 5.71. The van der Waals surface area contributed by atoms with E-state index in [9.17, 15) is 14.4 Å². The van der Waals surface area contributed by atoms with E-state index in [0.717, 1.165) is 0 Å². The van der Waals surface area contributed by atoms with E-state index in [-0.39, 0.29) is 25.0 Å². The maximum Gasteiger partial charge on any atom is 0.328 e. The van der Waals surface area contributed by atoms with Crippen LogP contribution in [0.15, 0.2) is 0 Å². The zero-order valence-corrected chi connectivity index (χ0v) is 12.5. The second-order valence-electron chi connectivity index (χ2n) is 4.42. The van der Waals surface area contributed by atoms with Gasteiger partial charge in [-0.2, -0.15) is 0 Å². The minimum atomic E-state index is -1.21. The Bertz CT molecular complexity index is 367. The first-order chi connectivity index (χ1) is 8.51. The largest absolute Gasteiger partial charge is 0.373 e. The molecule has 0 radical (unpaired) electrons. The van der Waals surface area contributed by atoms with Gasteiger partial charge in [0.25, 0.3) is 0 Å². The van der Waals surface area contributed by atoms with Gasteiger partial charge < -0.3 is 4.74 Å². The number of nitrogens with one attached hydrogen (secondary N) is 2. The fourth-order valence-electron chi connectivity index (χ4n) is 2.36. The maximum absolute atomic E-state index is 12.0. The molecule has 1 spiro atoms. The Balaban J connectivity index is 2.29. The molecule has 8 heteroatoms. The molecule has 100 valence electrons. The number of urea groups is 1. The minimum absolute atomic E-state index is 0.231. The summed E-state index contributed by atoms with van der Waals surface area (Å²) < 4.78 is 5.70. The standard InChI is InChI=1S/C10H12Br2N2O4/c11-3-5-1-10(2-6(4-12)18-5)7(15)13-9(17)14-8(10)16/h5-6H,1-4H2,(H2,13,14,15,16,17). The smallest absolute Gasteiger partial charge is 0.328 e. The van der Waals surface area contributed by atoms with Crippen molar-refractivity contribution in [3.63, 3.8) is 0 Å². The van der Waals surface area contributed by atoms with Gasteiger partial charge in [-0.3, -0.25) is 20.2 Å². The summed E-state index contributed by atoms with van der Waals surface area (Å²) in [6.07, 6.45) is 0.0800. The van der Waals surface area contributed by atoms with Gasteiger partial charge in [-0.25, -0.2) is 4.79 Å². The number of ether oxygens (including phenoxy) is 1. The number of rotatable bonds is 2. The van der Waals surface area contributed by atoms with Gasteiger partial charge in [0.15, 0.2) is 0 Å². The van der Waals surface area contributed by atoms with Gasteiger partial charge >= 0.3 is 6.03 Å². The molecule has 6 nitrogen and oxygen atoms in total. The molecule has 4 amide bonds. The Kier molecular flexibility index (Phi) is 4.08. The quantitative estimate of drug-likeness (QED) is 0.542. The van der Waals surface area contributed by atoms with Crippen molar-refractivity contribution in [1.29, 1.82) is 0 Å². The molecule has 0 aliphatic carbocycles. The second kappa shape index (κ2) is 5.26. The fraction of sp³-hybridized carbons (Fsp3) is 0.700. The first-order valence-electron chi connectivity index (χ1n) is 5.46. The molecule has 0 aromatic carbocycles. The summed E-state index contributed by atoms with van der Waals surface area (Å²) in [7, 11) is 0. The highest BCUT2D eigenvalue weighted by Gasteiger charge is 2.55. The third-order valence-electron chi connectivity index (χ3n) is 3.20. The number of carbonyl (C=O) groups is 3. The molecular formula is C10H12Br2N2O4. The Hall–Kier alpha value is -0.470. The highest BCUT2D eigenvalue weighted by Crippen LogP contribution is 2.39. The molecule has 2 aliphatic heterocycles. The molecule has 2 heterocycles. The molecule has 2 unspecified atom stereocenters. The zero-order chi connectivity index (χ0) is 13.3. The van der Waals surface area contributed by atoms with Gasteiger partial charge in [-0.1, -0.05) is 31.9 Å². The lowest BCUT2D eigenvalue weighted by Crippen LogP contribution is -2.65. The lowest BCUT2D eigenvalue weighted by Gasteiger charge is -2.42. The molecule has 2 fully saturated rings. The van der Waals surface area contributed by atoms with Crippen LogP contribution in [-0.2, 0) is 14.3 Å². The SMILES string of the molecule is O=C1NC(=O)C2(CC(CBr)OC(CBr)C2)C(=O)N1. The van der Waals surface area contributed by atoms with Crippen LogP contribution in [0.4, 0.5) is 4.79 Å². The van der Waals surface area contributed by atoms with E-state index < -0.39 is 23.3 Å². The number of alkyl halides is 2. The van der Waals surface area contributed by atoms with Crippen molar-refractivity contribution in [2.45, 2.75) is 25.0 Å². The molecule has 18 heavy (non-hydrogen) atoms. The van der Waals surface area contributed by atoms with Crippen LogP contribution in [-0.4, -0.2) is 40.7 Å². The molecule has 2 rings (SSSR count). The Morgan fingerprint density at radius 2 is 1.50 bits per heavy atom. The lowest BCUT2D eigenvalue weighted by molar-refractivity contribution is -0.159. The van der Waals surface area contributed by atoms with Gasteiger partial charge in [0, 0.05) is 10.7 Å². The van der Waals surface area contributed by atoms with Crippen LogP contribution in [0.25, 0.3) is 0 Å². The van der Waals surface area contributed by atoms with Crippen molar-refractivity contribution < 1.29 is 19.1 Å². The molecule has 0 aromatic heterocycles. The summed E-state index contributed by atoms with van der Waals surface area (Å²) in [4.78, 5) is 35.2. The van der Waals surface area contributed by atoms with E-state index in [1.807, 2.05) is 0 Å². The van der Waals surface area contributed by atoms with Crippen molar-refractivity contribution in [3.8, 4) is 0 Å². The third kappa shape index (κ3) is 2.33. The number of carbonyl (C=O) groups excluding carboxylic acids is 3. The van der Waals surface area contributed by atoms with Gasteiger partial charge in [0.2, 0.25) is 11.8 Å². The van der Waals surface area contributed by atoms with E-state index in [1.54, 1.807) is 0 Å². The van der Waals surface area contributed by atoms with Gasteiger partial charge in [-0.05, 0) is 12.8 Å². The van der Waals surface area contributed by atoms with Crippen LogP contribution in [0.3, 0.4) is 0 Å². The minimum Gasteiger partial charge on any atom is -0.373 e. The number of imide groups is 2. The van der Waals surface area contributed by atoms with E-state index in [2.05, 4.69) is 42.5 Å². The number of hydrogen-bond acceptors (Lipinski definition) is 4. The van der Waals surface area contributed by atoms with E-state index in [4.69, 9.17) is 4.74 Å². The number of amides is 4. The molecule has 0 bridgehead atoms. The summed E-state index contributed by atoms with van der Waals surface area (Å²) in [5, 5.41) is 5.40. The molecule has 2 N–H and O–H groups in total. The average Bonchev–Trinajstić information content (AvgIpc) is 2.35. The van der Waals surface area contributed by atoms with Crippen LogP contribution in [0, 0.1) is 5.41 Å². The molecule has 0 saturated carbocycles. The zero-order valence-electron chi connectivity index (χ0n) is 9.37. The van der Waals surface area contributed by atoms with Crippen molar-refractivity contribution in [2.24, 2.45) is 5.41 Å². The topological polar surface area (TPSA) is 84.5 Å². The highest BCUT2D eigenvalue weighted by atomic mass is 79.9. The Labute approximate surface area is 120 Å². The maximum atomic E-state index is 12.0.